The van der Waals surface area contributed by atoms with E-state index in [0.29, 0.717) is 11.5 Å². The minimum Gasteiger partial charge on any atom is -0.478 e. The normalized spacial score (nSPS) is 24.3. The number of halogens is 2. The Labute approximate surface area is 172 Å². The van der Waals surface area contributed by atoms with Crippen molar-refractivity contribution in [1.29, 1.82) is 0 Å². The molecule has 0 saturated heterocycles. The molecule has 2 aromatic rings. The van der Waals surface area contributed by atoms with E-state index < -0.39 is 5.97 Å². The average Bonchev–Trinajstić information content (AvgIpc) is 3.29. The van der Waals surface area contributed by atoms with Crippen LogP contribution < -0.4 is 14.8 Å². The summed E-state index contributed by atoms with van der Waals surface area (Å²) in [4.78, 5) is 11.5. The molecule has 0 saturated carbocycles. The van der Waals surface area contributed by atoms with Gasteiger partial charge in [0.15, 0.2) is 11.5 Å². The van der Waals surface area contributed by atoms with Gasteiger partial charge in [-0.1, -0.05) is 28.1 Å². The molecule has 7 heteroatoms. The monoisotopic (exact) mass is 491 g/mol. The highest BCUT2D eigenvalue weighted by Crippen LogP contribution is 2.53. The summed E-state index contributed by atoms with van der Waals surface area (Å²) in [5.41, 5.74) is 3.37. The first-order chi connectivity index (χ1) is 13.0. The quantitative estimate of drug-likeness (QED) is 0.544. The van der Waals surface area contributed by atoms with Gasteiger partial charge in [-0.3, -0.25) is 0 Å². The van der Waals surface area contributed by atoms with Crippen molar-refractivity contribution in [2.75, 3.05) is 12.1 Å². The molecule has 0 aromatic heterocycles. The van der Waals surface area contributed by atoms with Crippen LogP contribution in [0.1, 0.15) is 39.9 Å². The van der Waals surface area contributed by atoms with Gasteiger partial charge in [-0.25, -0.2) is 4.79 Å². The maximum absolute atomic E-state index is 11.5. The highest BCUT2D eigenvalue weighted by Gasteiger charge is 2.40. The first kappa shape index (κ1) is 17.1. The lowest BCUT2D eigenvalue weighted by Crippen LogP contribution is -2.30. The number of ether oxygens (including phenoxy) is 2. The number of carboxylic acids is 1. The van der Waals surface area contributed by atoms with E-state index in [2.05, 4.69) is 49.3 Å². The minimum absolute atomic E-state index is 0.0633. The van der Waals surface area contributed by atoms with E-state index >= 15 is 0 Å². The summed E-state index contributed by atoms with van der Waals surface area (Å²) < 4.78 is 12.8. The lowest BCUT2D eigenvalue weighted by molar-refractivity contribution is 0.0696. The van der Waals surface area contributed by atoms with Gasteiger partial charge in [0, 0.05) is 14.9 Å². The predicted octanol–water partition coefficient (Wildman–Crippen LogP) is 5.47. The number of rotatable bonds is 2. The third kappa shape index (κ3) is 2.67. The van der Waals surface area contributed by atoms with E-state index in [1.165, 1.54) is 0 Å². The van der Waals surface area contributed by atoms with E-state index in [9.17, 15) is 9.90 Å². The lowest BCUT2D eigenvalue weighted by Gasteiger charge is -2.38. The number of aromatic carboxylic acids is 1. The molecule has 1 aliphatic carbocycles. The molecule has 2 aromatic carbocycles. The molecule has 138 valence electrons. The van der Waals surface area contributed by atoms with E-state index in [-0.39, 0.29) is 18.8 Å². The van der Waals surface area contributed by atoms with Crippen molar-refractivity contribution >= 4 is 43.5 Å². The van der Waals surface area contributed by atoms with Gasteiger partial charge in [0.05, 0.1) is 17.3 Å². The maximum atomic E-state index is 11.5. The van der Waals surface area contributed by atoms with E-state index in [4.69, 9.17) is 9.47 Å². The fourth-order valence-electron chi connectivity index (χ4n) is 4.26. The van der Waals surface area contributed by atoms with Crippen LogP contribution in [0.2, 0.25) is 0 Å². The number of nitrogens with one attached hydrogen (secondary N) is 1. The lowest BCUT2D eigenvalue weighted by atomic mass is 9.76. The van der Waals surface area contributed by atoms with Crippen LogP contribution in [-0.2, 0) is 0 Å². The van der Waals surface area contributed by atoms with Gasteiger partial charge in [-0.05, 0) is 63.7 Å². The Balaban J connectivity index is 1.63. The van der Waals surface area contributed by atoms with Crippen LogP contribution in [0.5, 0.6) is 11.5 Å². The number of hydrogen-bond acceptors (Lipinski definition) is 4. The van der Waals surface area contributed by atoms with Crippen LogP contribution >= 0.6 is 31.9 Å². The molecule has 0 bridgehead atoms. The number of carboxylic acid groups (broad SMARTS) is 1. The molecular weight excluding hydrogens is 478 g/mol. The number of allylic oxidation sites excluding steroid dienone is 2. The molecular formula is C20H15Br2NO4. The van der Waals surface area contributed by atoms with E-state index in [1.54, 1.807) is 12.1 Å². The average molecular weight is 493 g/mol. The first-order valence-electron chi connectivity index (χ1n) is 8.62. The molecule has 3 aliphatic rings. The van der Waals surface area contributed by atoms with Gasteiger partial charge in [0.25, 0.3) is 0 Å². The molecule has 0 unspecified atom stereocenters. The standard InChI is InChI=1S/C20H15Br2NO4/c21-14-7-17-16(26-8-27-17)6-13(14)18-11-3-1-2-10(11)12-4-9(20(24)25)5-15(22)19(12)23-18/h1-2,4-7,10-11,18,23H,3,8H2,(H,24,25)/t10-,11+,18-/m1/s1. The third-order valence-corrected chi connectivity index (χ3v) is 6.81. The summed E-state index contributed by atoms with van der Waals surface area (Å²) in [6, 6.07) is 7.49. The van der Waals surface area contributed by atoms with E-state index in [1.807, 2.05) is 12.1 Å². The highest BCUT2D eigenvalue weighted by molar-refractivity contribution is 9.11. The van der Waals surface area contributed by atoms with Gasteiger partial charge >= 0.3 is 5.97 Å². The first-order valence-corrected chi connectivity index (χ1v) is 10.2. The smallest absolute Gasteiger partial charge is 0.335 e. The Hall–Kier alpha value is -1.99. The van der Waals surface area contributed by atoms with Crippen molar-refractivity contribution in [2.24, 2.45) is 5.92 Å². The van der Waals surface area contributed by atoms with Crippen molar-refractivity contribution in [3.05, 3.63) is 62.1 Å². The second-order valence-corrected chi connectivity index (χ2v) is 8.64. The Bertz CT molecular complexity index is 1000. The Morgan fingerprint density at radius 3 is 2.63 bits per heavy atom. The summed E-state index contributed by atoms with van der Waals surface area (Å²) >= 11 is 7.25. The van der Waals surface area contributed by atoms with Crippen LogP contribution in [0, 0.1) is 5.92 Å². The number of hydrogen-bond donors (Lipinski definition) is 2. The second-order valence-electron chi connectivity index (χ2n) is 6.93. The molecule has 0 fully saturated rings. The van der Waals surface area contributed by atoms with Crippen molar-refractivity contribution in [3.8, 4) is 11.5 Å². The molecule has 2 aliphatic heterocycles. The Morgan fingerprint density at radius 2 is 1.85 bits per heavy atom. The fraction of sp³-hybridized carbons (Fsp3) is 0.250. The minimum atomic E-state index is -0.919. The van der Waals surface area contributed by atoms with Gasteiger partial charge in [0.1, 0.15) is 0 Å². The number of benzene rings is 2. The zero-order chi connectivity index (χ0) is 18.7. The van der Waals surface area contributed by atoms with E-state index in [0.717, 1.165) is 43.7 Å². The molecule has 5 rings (SSSR count). The maximum Gasteiger partial charge on any atom is 0.335 e. The second kappa shape index (κ2) is 6.27. The molecule has 27 heavy (non-hydrogen) atoms. The molecule has 2 heterocycles. The largest absolute Gasteiger partial charge is 0.478 e. The van der Waals surface area contributed by atoms with Gasteiger partial charge < -0.3 is 19.9 Å². The summed E-state index contributed by atoms with van der Waals surface area (Å²) in [6.07, 6.45) is 5.30. The van der Waals surface area contributed by atoms with Crippen LogP contribution in [0.25, 0.3) is 0 Å². The van der Waals surface area contributed by atoms with Crippen LogP contribution in [0.15, 0.2) is 45.4 Å². The van der Waals surface area contributed by atoms with Crippen molar-refractivity contribution < 1.29 is 19.4 Å². The zero-order valence-corrected chi connectivity index (χ0v) is 17.2. The zero-order valence-electron chi connectivity index (χ0n) is 14.0. The van der Waals surface area contributed by atoms with Crippen LogP contribution in [0.4, 0.5) is 5.69 Å². The van der Waals surface area contributed by atoms with Crippen molar-refractivity contribution in [3.63, 3.8) is 0 Å². The number of carbonyl (C=O) groups is 1. The molecule has 0 radical (unpaired) electrons. The predicted molar refractivity (Wildman–Crippen MR) is 108 cm³/mol. The SMILES string of the molecule is O=C(O)c1cc(Br)c2c(c1)[C@@H]1C=CC[C@@H]1[C@H](c1cc3c(cc1Br)OCO3)N2. The molecule has 0 spiro atoms. The fourth-order valence-corrected chi connectivity index (χ4v) is 5.42. The third-order valence-electron chi connectivity index (χ3n) is 5.49. The Kier molecular flexibility index (Phi) is 3.98. The molecule has 5 nitrogen and oxygen atoms in total. The molecule has 2 N–H and O–H groups in total. The summed E-state index contributed by atoms with van der Waals surface area (Å²) in [6.45, 7) is 0.239. The van der Waals surface area contributed by atoms with Gasteiger partial charge in [-0.15, -0.1) is 0 Å². The molecule has 0 amide bonds. The number of fused-ring (bicyclic) bond motifs is 4. The summed E-state index contributed by atoms with van der Waals surface area (Å²) in [5, 5.41) is 13.1. The van der Waals surface area contributed by atoms with Crippen molar-refractivity contribution in [2.45, 2.75) is 18.4 Å². The topological polar surface area (TPSA) is 67.8 Å². The van der Waals surface area contributed by atoms with Gasteiger partial charge in [-0.2, -0.15) is 0 Å². The van der Waals surface area contributed by atoms with Crippen LogP contribution in [-0.4, -0.2) is 17.9 Å². The number of anilines is 1. The summed E-state index contributed by atoms with van der Waals surface area (Å²) in [5.74, 6) is 1.04. The summed E-state index contributed by atoms with van der Waals surface area (Å²) in [7, 11) is 0. The van der Waals surface area contributed by atoms with Crippen molar-refractivity contribution in [1.82, 2.24) is 0 Å². The van der Waals surface area contributed by atoms with Gasteiger partial charge in [0.2, 0.25) is 6.79 Å². The highest BCUT2D eigenvalue weighted by atomic mass is 79.9. The van der Waals surface area contributed by atoms with Crippen LogP contribution in [0.3, 0.4) is 0 Å². The Morgan fingerprint density at radius 1 is 1.07 bits per heavy atom. The molecule has 3 atom stereocenters.